The van der Waals surface area contributed by atoms with E-state index in [0.29, 0.717) is 5.41 Å². The summed E-state index contributed by atoms with van der Waals surface area (Å²) in [6.07, 6.45) is 2.56. The first-order valence-corrected chi connectivity index (χ1v) is 5.87. The summed E-state index contributed by atoms with van der Waals surface area (Å²) in [5, 5.41) is 15.5. The lowest BCUT2D eigenvalue weighted by atomic mass is 9.83. The number of nitrogens with zero attached hydrogens (tertiary/aromatic N) is 2. The Labute approximate surface area is 88.1 Å². The number of hydrogen-bond donors (Lipinski definition) is 2. The molecule has 0 aliphatic carbocycles. The molecule has 4 nitrogen and oxygen atoms in total. The Morgan fingerprint density at radius 2 is 2.64 bits per heavy atom. The van der Waals surface area contributed by atoms with Crippen molar-refractivity contribution < 1.29 is 0 Å². The number of anilines is 1. The van der Waals surface area contributed by atoms with E-state index in [-0.39, 0.29) is 0 Å². The lowest BCUT2D eigenvalue weighted by molar-refractivity contribution is 0.253. The highest BCUT2D eigenvalue weighted by molar-refractivity contribution is 7.13. The second-order valence-corrected chi connectivity index (χ2v) is 5.02. The van der Waals surface area contributed by atoms with Crippen LogP contribution in [-0.2, 0) is 0 Å². The third-order valence-corrected chi connectivity index (χ3v) is 3.36. The van der Waals surface area contributed by atoms with Crippen LogP contribution in [-0.4, -0.2) is 29.8 Å². The summed E-state index contributed by atoms with van der Waals surface area (Å²) in [6, 6.07) is 0. The van der Waals surface area contributed by atoms with Gasteiger partial charge < -0.3 is 10.6 Å². The minimum absolute atomic E-state index is 0.365. The SMILES string of the molecule is CC1(CNc2nncs2)CCCNC1. The topological polar surface area (TPSA) is 49.8 Å². The molecule has 0 saturated carbocycles. The standard InChI is InChI=1S/C9H16N4S/c1-9(3-2-4-10-5-9)6-11-8-13-12-7-14-8/h7,10H,2-6H2,1H3,(H,11,13). The van der Waals surface area contributed by atoms with E-state index in [4.69, 9.17) is 0 Å². The van der Waals surface area contributed by atoms with Crippen molar-refractivity contribution in [2.24, 2.45) is 5.41 Å². The summed E-state index contributed by atoms with van der Waals surface area (Å²) in [5.74, 6) is 0. The second-order valence-electron chi connectivity index (χ2n) is 4.19. The van der Waals surface area contributed by atoms with Crippen molar-refractivity contribution in [2.75, 3.05) is 25.0 Å². The predicted octanol–water partition coefficient (Wildman–Crippen LogP) is 1.34. The zero-order valence-corrected chi connectivity index (χ0v) is 9.23. The van der Waals surface area contributed by atoms with E-state index in [2.05, 4.69) is 27.8 Å². The molecule has 14 heavy (non-hydrogen) atoms. The number of aromatic nitrogens is 2. The van der Waals surface area contributed by atoms with Crippen LogP contribution < -0.4 is 10.6 Å². The summed E-state index contributed by atoms with van der Waals surface area (Å²) in [7, 11) is 0. The molecule has 0 radical (unpaired) electrons. The minimum atomic E-state index is 0.365. The molecule has 0 bridgehead atoms. The first-order chi connectivity index (χ1) is 6.79. The molecule has 1 unspecified atom stereocenters. The smallest absolute Gasteiger partial charge is 0.205 e. The molecule has 0 spiro atoms. The van der Waals surface area contributed by atoms with E-state index in [1.807, 2.05) is 0 Å². The monoisotopic (exact) mass is 212 g/mol. The van der Waals surface area contributed by atoms with Crippen LogP contribution in [0.2, 0.25) is 0 Å². The molecular formula is C9H16N4S. The molecular weight excluding hydrogens is 196 g/mol. The van der Waals surface area contributed by atoms with Crippen LogP contribution in [0.15, 0.2) is 5.51 Å². The van der Waals surface area contributed by atoms with Crippen molar-refractivity contribution in [3.8, 4) is 0 Å². The molecule has 1 saturated heterocycles. The second kappa shape index (κ2) is 4.23. The van der Waals surface area contributed by atoms with Crippen LogP contribution in [0.3, 0.4) is 0 Å². The quantitative estimate of drug-likeness (QED) is 0.794. The van der Waals surface area contributed by atoms with Gasteiger partial charge in [0.15, 0.2) is 0 Å². The maximum atomic E-state index is 3.97. The number of hydrogen-bond acceptors (Lipinski definition) is 5. The Morgan fingerprint density at radius 3 is 3.29 bits per heavy atom. The summed E-state index contributed by atoms with van der Waals surface area (Å²) >= 11 is 1.56. The van der Waals surface area contributed by atoms with Gasteiger partial charge in [0.2, 0.25) is 5.13 Å². The van der Waals surface area contributed by atoms with Crippen molar-refractivity contribution in [1.82, 2.24) is 15.5 Å². The molecule has 0 amide bonds. The highest BCUT2D eigenvalue weighted by Gasteiger charge is 2.26. The maximum absolute atomic E-state index is 3.97. The van der Waals surface area contributed by atoms with Crippen LogP contribution in [0.1, 0.15) is 19.8 Å². The van der Waals surface area contributed by atoms with E-state index >= 15 is 0 Å². The van der Waals surface area contributed by atoms with Gasteiger partial charge in [0, 0.05) is 13.1 Å². The van der Waals surface area contributed by atoms with E-state index in [0.717, 1.165) is 24.8 Å². The molecule has 1 fully saturated rings. The normalized spacial score (nSPS) is 27.5. The zero-order chi connectivity index (χ0) is 9.86. The van der Waals surface area contributed by atoms with Gasteiger partial charge in [0.1, 0.15) is 5.51 Å². The van der Waals surface area contributed by atoms with Crippen LogP contribution in [0.25, 0.3) is 0 Å². The molecule has 2 N–H and O–H groups in total. The number of piperidine rings is 1. The molecule has 1 aliphatic rings. The van der Waals surface area contributed by atoms with Gasteiger partial charge in [-0.05, 0) is 24.8 Å². The van der Waals surface area contributed by atoms with Gasteiger partial charge in [-0.25, -0.2) is 0 Å². The van der Waals surface area contributed by atoms with Crippen molar-refractivity contribution in [3.05, 3.63) is 5.51 Å². The van der Waals surface area contributed by atoms with E-state index in [1.54, 1.807) is 16.8 Å². The van der Waals surface area contributed by atoms with Crippen molar-refractivity contribution in [2.45, 2.75) is 19.8 Å². The fraction of sp³-hybridized carbons (Fsp3) is 0.778. The highest BCUT2D eigenvalue weighted by atomic mass is 32.1. The zero-order valence-electron chi connectivity index (χ0n) is 8.42. The van der Waals surface area contributed by atoms with Crippen LogP contribution in [0, 0.1) is 5.41 Å². The fourth-order valence-electron chi connectivity index (χ4n) is 1.81. The minimum Gasteiger partial charge on any atom is -0.359 e. The Balaban J connectivity index is 1.84. The Morgan fingerprint density at radius 1 is 1.71 bits per heavy atom. The van der Waals surface area contributed by atoms with Gasteiger partial charge in [-0.1, -0.05) is 18.3 Å². The molecule has 1 aliphatic heterocycles. The fourth-order valence-corrected chi connectivity index (χ4v) is 2.25. The molecule has 1 atom stereocenters. The maximum Gasteiger partial charge on any atom is 0.205 e. The molecule has 1 aromatic rings. The first-order valence-electron chi connectivity index (χ1n) is 4.99. The van der Waals surface area contributed by atoms with E-state index in [9.17, 15) is 0 Å². The van der Waals surface area contributed by atoms with Crippen molar-refractivity contribution in [3.63, 3.8) is 0 Å². The molecule has 1 aromatic heterocycles. The van der Waals surface area contributed by atoms with Crippen molar-refractivity contribution >= 4 is 16.5 Å². The lowest BCUT2D eigenvalue weighted by Crippen LogP contribution is -2.42. The average molecular weight is 212 g/mol. The largest absolute Gasteiger partial charge is 0.359 e. The van der Waals surface area contributed by atoms with Gasteiger partial charge in [0.05, 0.1) is 0 Å². The number of nitrogens with one attached hydrogen (secondary N) is 2. The Bertz CT molecular complexity index is 266. The summed E-state index contributed by atoms with van der Waals surface area (Å²) in [5.41, 5.74) is 2.12. The lowest BCUT2D eigenvalue weighted by Gasteiger charge is -2.34. The first kappa shape index (κ1) is 9.86. The van der Waals surface area contributed by atoms with Crippen LogP contribution >= 0.6 is 11.3 Å². The summed E-state index contributed by atoms with van der Waals surface area (Å²) in [6.45, 7) is 5.55. The van der Waals surface area contributed by atoms with Gasteiger partial charge in [-0.2, -0.15) is 0 Å². The van der Waals surface area contributed by atoms with Gasteiger partial charge in [-0.15, -0.1) is 10.2 Å². The molecule has 5 heteroatoms. The van der Waals surface area contributed by atoms with E-state index < -0.39 is 0 Å². The number of rotatable bonds is 3. The summed E-state index contributed by atoms with van der Waals surface area (Å²) in [4.78, 5) is 0. The van der Waals surface area contributed by atoms with Gasteiger partial charge >= 0.3 is 0 Å². The Kier molecular flexibility index (Phi) is 2.98. The molecule has 2 heterocycles. The van der Waals surface area contributed by atoms with E-state index in [1.165, 1.54) is 12.8 Å². The van der Waals surface area contributed by atoms with Crippen LogP contribution in [0.4, 0.5) is 5.13 Å². The van der Waals surface area contributed by atoms with Crippen molar-refractivity contribution in [1.29, 1.82) is 0 Å². The highest BCUT2D eigenvalue weighted by Crippen LogP contribution is 2.25. The Hall–Kier alpha value is -0.680. The molecule has 78 valence electrons. The summed E-state index contributed by atoms with van der Waals surface area (Å²) < 4.78 is 0. The molecule has 0 aromatic carbocycles. The molecule has 2 rings (SSSR count). The third-order valence-electron chi connectivity index (χ3n) is 2.71. The predicted molar refractivity (Wildman–Crippen MR) is 58.6 cm³/mol. The van der Waals surface area contributed by atoms with Gasteiger partial charge in [-0.3, -0.25) is 0 Å². The van der Waals surface area contributed by atoms with Crippen LogP contribution in [0.5, 0.6) is 0 Å². The third kappa shape index (κ3) is 2.42. The average Bonchev–Trinajstić information content (AvgIpc) is 2.69. The van der Waals surface area contributed by atoms with Gasteiger partial charge in [0.25, 0.3) is 0 Å².